The Morgan fingerprint density at radius 2 is 2.00 bits per heavy atom. The molecule has 0 spiro atoms. The van der Waals surface area contributed by atoms with Crippen LogP contribution in [0.3, 0.4) is 0 Å². The Morgan fingerprint density at radius 3 is 2.42 bits per heavy atom. The second-order valence-electron chi connectivity index (χ2n) is 4.43. The van der Waals surface area contributed by atoms with E-state index in [-0.39, 0.29) is 0 Å². The molecule has 0 heterocycles. The van der Waals surface area contributed by atoms with E-state index in [4.69, 9.17) is 6.42 Å². The van der Waals surface area contributed by atoms with Gasteiger partial charge in [0.25, 0.3) is 0 Å². The molecule has 1 heteroatoms. The van der Waals surface area contributed by atoms with Crippen LogP contribution in [0.15, 0.2) is 0 Å². The topological polar surface area (TPSA) is 12.0 Å². The third kappa shape index (κ3) is 5.21. The van der Waals surface area contributed by atoms with Gasteiger partial charge in [-0.1, -0.05) is 27.7 Å². The van der Waals surface area contributed by atoms with Gasteiger partial charge in [0, 0.05) is 13.0 Å². The van der Waals surface area contributed by atoms with Crippen LogP contribution in [-0.4, -0.2) is 13.1 Å². The molecule has 0 saturated carbocycles. The van der Waals surface area contributed by atoms with Gasteiger partial charge in [0.05, 0.1) is 0 Å². The molecule has 0 aliphatic rings. The maximum Gasteiger partial charge on any atom is 0.0211 e. The van der Waals surface area contributed by atoms with E-state index in [1.54, 1.807) is 0 Å². The van der Waals surface area contributed by atoms with Gasteiger partial charge in [-0.05, 0) is 17.9 Å². The Bertz CT molecular complexity index is 147. The largest absolute Gasteiger partial charge is 0.315 e. The molecule has 0 aromatic carbocycles. The van der Waals surface area contributed by atoms with Gasteiger partial charge in [-0.15, -0.1) is 12.3 Å². The molecule has 1 N–H and O–H groups in total. The van der Waals surface area contributed by atoms with Crippen LogP contribution < -0.4 is 5.32 Å². The van der Waals surface area contributed by atoms with E-state index in [0.717, 1.165) is 19.5 Å². The third-order valence-electron chi connectivity index (χ3n) is 2.38. The summed E-state index contributed by atoms with van der Waals surface area (Å²) in [5, 5.41) is 3.35. The summed E-state index contributed by atoms with van der Waals surface area (Å²) in [7, 11) is 0. The highest BCUT2D eigenvalue weighted by Gasteiger charge is 2.18. The third-order valence-corrected chi connectivity index (χ3v) is 2.38. The molecule has 0 aliphatic heterocycles. The maximum absolute atomic E-state index is 5.14. The standard InChI is InChI=1S/C11H21N/c1-6-7-8-12-9-10(2)11(3,4)5/h1,10,12H,7-9H2,2-5H3. The molecule has 70 valence electrons. The van der Waals surface area contributed by atoms with Crippen LogP contribution in [-0.2, 0) is 0 Å². The lowest BCUT2D eigenvalue weighted by Crippen LogP contribution is -2.30. The second kappa shape index (κ2) is 5.22. The molecule has 0 saturated heterocycles. The van der Waals surface area contributed by atoms with Crippen molar-refractivity contribution in [3.8, 4) is 12.3 Å². The van der Waals surface area contributed by atoms with Crippen LogP contribution in [0.1, 0.15) is 34.1 Å². The molecule has 12 heavy (non-hydrogen) atoms. The fourth-order valence-electron chi connectivity index (χ4n) is 0.785. The zero-order valence-electron chi connectivity index (χ0n) is 8.78. The van der Waals surface area contributed by atoms with Gasteiger partial charge in [-0.25, -0.2) is 0 Å². The summed E-state index contributed by atoms with van der Waals surface area (Å²) in [5.41, 5.74) is 0.392. The molecule has 0 rings (SSSR count). The summed E-state index contributed by atoms with van der Waals surface area (Å²) in [6, 6.07) is 0. The molecule has 0 fully saturated rings. The first-order valence-corrected chi connectivity index (χ1v) is 4.62. The second-order valence-corrected chi connectivity index (χ2v) is 4.43. The van der Waals surface area contributed by atoms with E-state index >= 15 is 0 Å². The van der Waals surface area contributed by atoms with Gasteiger partial charge < -0.3 is 5.32 Å². The lowest BCUT2D eigenvalue weighted by atomic mass is 9.82. The van der Waals surface area contributed by atoms with Crippen molar-refractivity contribution in [1.29, 1.82) is 0 Å². The lowest BCUT2D eigenvalue weighted by Gasteiger charge is -2.27. The molecule has 0 radical (unpaired) electrons. The van der Waals surface area contributed by atoms with Crippen molar-refractivity contribution in [3.63, 3.8) is 0 Å². The van der Waals surface area contributed by atoms with Gasteiger partial charge >= 0.3 is 0 Å². The van der Waals surface area contributed by atoms with Crippen molar-refractivity contribution < 1.29 is 0 Å². The van der Waals surface area contributed by atoms with E-state index in [0.29, 0.717) is 11.3 Å². The van der Waals surface area contributed by atoms with Crippen molar-refractivity contribution in [2.24, 2.45) is 11.3 Å². The average molecular weight is 167 g/mol. The summed E-state index contributed by atoms with van der Waals surface area (Å²) in [5.74, 6) is 3.31. The van der Waals surface area contributed by atoms with E-state index in [9.17, 15) is 0 Å². The van der Waals surface area contributed by atoms with Crippen LogP contribution >= 0.6 is 0 Å². The van der Waals surface area contributed by atoms with Gasteiger partial charge in [0.2, 0.25) is 0 Å². The molecule has 0 aromatic rings. The molecule has 0 bridgehead atoms. The first-order chi connectivity index (χ1) is 5.48. The lowest BCUT2D eigenvalue weighted by molar-refractivity contribution is 0.254. The van der Waals surface area contributed by atoms with Crippen molar-refractivity contribution in [2.75, 3.05) is 13.1 Å². The first-order valence-electron chi connectivity index (χ1n) is 4.62. The highest BCUT2D eigenvalue weighted by atomic mass is 14.9. The smallest absolute Gasteiger partial charge is 0.0211 e. The van der Waals surface area contributed by atoms with Crippen LogP contribution in [0.2, 0.25) is 0 Å². The van der Waals surface area contributed by atoms with Crippen molar-refractivity contribution in [3.05, 3.63) is 0 Å². The SMILES string of the molecule is C#CCCNCC(C)C(C)(C)C. The fraction of sp³-hybridized carbons (Fsp3) is 0.818. The summed E-state index contributed by atoms with van der Waals surface area (Å²) in [6.45, 7) is 11.1. The van der Waals surface area contributed by atoms with Crippen molar-refractivity contribution >= 4 is 0 Å². The summed E-state index contributed by atoms with van der Waals surface area (Å²) >= 11 is 0. The highest BCUT2D eigenvalue weighted by Crippen LogP contribution is 2.24. The predicted octanol–water partition coefficient (Wildman–Crippen LogP) is 2.28. The normalized spacial score (nSPS) is 13.9. The minimum Gasteiger partial charge on any atom is -0.315 e. The summed E-state index contributed by atoms with van der Waals surface area (Å²) < 4.78 is 0. The van der Waals surface area contributed by atoms with Crippen molar-refractivity contribution in [2.45, 2.75) is 34.1 Å². The molecular formula is C11H21N. The molecule has 0 amide bonds. The Labute approximate surface area is 76.9 Å². The molecular weight excluding hydrogens is 146 g/mol. The van der Waals surface area contributed by atoms with E-state index < -0.39 is 0 Å². The zero-order chi connectivity index (χ0) is 9.61. The Kier molecular flexibility index (Phi) is 5.01. The van der Waals surface area contributed by atoms with E-state index in [1.807, 2.05) is 0 Å². The Balaban J connectivity index is 3.46. The van der Waals surface area contributed by atoms with Crippen LogP contribution in [0.25, 0.3) is 0 Å². The number of rotatable bonds is 4. The highest BCUT2D eigenvalue weighted by molar-refractivity contribution is 4.84. The van der Waals surface area contributed by atoms with Crippen molar-refractivity contribution in [1.82, 2.24) is 5.32 Å². The average Bonchev–Trinajstić information content (AvgIpc) is 1.96. The molecule has 1 nitrogen and oxygen atoms in total. The molecule has 0 aromatic heterocycles. The van der Waals surface area contributed by atoms with Gasteiger partial charge in [-0.3, -0.25) is 0 Å². The fourth-order valence-corrected chi connectivity index (χ4v) is 0.785. The van der Waals surface area contributed by atoms with Gasteiger partial charge in [0.15, 0.2) is 0 Å². The molecule has 1 atom stereocenters. The van der Waals surface area contributed by atoms with Gasteiger partial charge in [0.1, 0.15) is 0 Å². The first kappa shape index (κ1) is 11.5. The van der Waals surface area contributed by atoms with Crippen LogP contribution in [0.5, 0.6) is 0 Å². The predicted molar refractivity (Wildman–Crippen MR) is 54.9 cm³/mol. The van der Waals surface area contributed by atoms with Crippen LogP contribution in [0, 0.1) is 23.7 Å². The number of hydrogen-bond donors (Lipinski definition) is 1. The monoisotopic (exact) mass is 167 g/mol. The number of nitrogens with one attached hydrogen (secondary N) is 1. The quantitative estimate of drug-likeness (QED) is 0.500. The van der Waals surface area contributed by atoms with Gasteiger partial charge in [-0.2, -0.15) is 0 Å². The van der Waals surface area contributed by atoms with E-state index in [1.165, 1.54) is 0 Å². The summed E-state index contributed by atoms with van der Waals surface area (Å²) in [4.78, 5) is 0. The summed E-state index contributed by atoms with van der Waals surface area (Å²) in [6.07, 6.45) is 5.97. The van der Waals surface area contributed by atoms with E-state index in [2.05, 4.69) is 38.9 Å². The number of hydrogen-bond acceptors (Lipinski definition) is 1. The zero-order valence-corrected chi connectivity index (χ0v) is 8.78. The maximum atomic E-state index is 5.14. The molecule has 0 aliphatic carbocycles. The Morgan fingerprint density at radius 1 is 1.42 bits per heavy atom. The number of terminal acetylenes is 1. The molecule has 1 unspecified atom stereocenters. The van der Waals surface area contributed by atoms with Crippen LogP contribution in [0.4, 0.5) is 0 Å². The minimum absolute atomic E-state index is 0.392. The minimum atomic E-state index is 0.392. The Hall–Kier alpha value is -0.480.